The quantitative estimate of drug-likeness (QED) is 0.851. The molecule has 0 aliphatic carbocycles. The van der Waals surface area contributed by atoms with Crippen molar-refractivity contribution >= 4 is 11.7 Å². The molecule has 7 nitrogen and oxygen atoms in total. The van der Waals surface area contributed by atoms with Gasteiger partial charge in [0.15, 0.2) is 5.82 Å². The van der Waals surface area contributed by atoms with Crippen LogP contribution in [-0.2, 0) is 9.53 Å². The maximum atomic E-state index is 12.2. The van der Waals surface area contributed by atoms with Gasteiger partial charge in [-0.3, -0.25) is 9.59 Å². The highest BCUT2D eigenvalue weighted by Gasteiger charge is 2.25. The van der Waals surface area contributed by atoms with E-state index in [4.69, 9.17) is 4.74 Å². The van der Waals surface area contributed by atoms with Gasteiger partial charge < -0.3 is 19.9 Å². The molecular formula is C15H20N4O3. The molecule has 1 fully saturated rings. The molecule has 1 aromatic heterocycles. The summed E-state index contributed by atoms with van der Waals surface area (Å²) >= 11 is 0. The van der Waals surface area contributed by atoms with Crippen LogP contribution in [0.4, 0.5) is 5.82 Å². The van der Waals surface area contributed by atoms with Crippen LogP contribution < -0.4 is 15.8 Å². The Morgan fingerprint density at radius 3 is 3.14 bits per heavy atom. The number of aromatic nitrogens is 2. The highest BCUT2D eigenvalue weighted by Crippen LogP contribution is 2.16. The summed E-state index contributed by atoms with van der Waals surface area (Å²) in [5, 5.41) is 3.04. The van der Waals surface area contributed by atoms with Crippen LogP contribution >= 0.6 is 0 Å². The Labute approximate surface area is 128 Å². The third-order valence-electron chi connectivity index (χ3n) is 3.97. The number of rotatable bonds is 3. The summed E-state index contributed by atoms with van der Waals surface area (Å²) in [6.07, 6.45) is 8.09. The van der Waals surface area contributed by atoms with E-state index in [-0.39, 0.29) is 17.5 Å². The van der Waals surface area contributed by atoms with E-state index >= 15 is 0 Å². The molecule has 2 N–H and O–H groups in total. The molecule has 1 saturated heterocycles. The van der Waals surface area contributed by atoms with E-state index in [0.29, 0.717) is 24.5 Å². The fraction of sp³-hybridized carbons (Fsp3) is 0.533. The monoisotopic (exact) mass is 304 g/mol. The first-order chi connectivity index (χ1) is 10.7. The second-order valence-electron chi connectivity index (χ2n) is 5.62. The Morgan fingerprint density at radius 1 is 1.45 bits per heavy atom. The first-order valence-electron chi connectivity index (χ1n) is 7.64. The number of carbonyl (C=O) groups is 1. The number of hydrogen-bond acceptors (Lipinski definition) is 5. The minimum Gasteiger partial charge on any atom is -0.501 e. The maximum Gasteiger partial charge on any atom is 0.290 e. The van der Waals surface area contributed by atoms with E-state index in [2.05, 4.69) is 15.3 Å². The van der Waals surface area contributed by atoms with Crippen LogP contribution in [0.1, 0.15) is 25.7 Å². The number of amides is 1. The molecule has 3 rings (SSSR count). The molecule has 1 atom stereocenters. The predicted molar refractivity (Wildman–Crippen MR) is 81.5 cm³/mol. The Bertz CT molecular complexity index is 625. The predicted octanol–water partition coefficient (Wildman–Crippen LogP) is 0.549. The van der Waals surface area contributed by atoms with Gasteiger partial charge >= 0.3 is 0 Å². The van der Waals surface area contributed by atoms with E-state index in [0.717, 1.165) is 32.2 Å². The van der Waals surface area contributed by atoms with Crippen LogP contribution in [0.15, 0.2) is 29.0 Å². The Kier molecular flexibility index (Phi) is 4.41. The molecule has 0 spiro atoms. The molecular weight excluding hydrogens is 284 g/mol. The molecule has 118 valence electrons. The molecule has 2 aliphatic heterocycles. The van der Waals surface area contributed by atoms with Crippen LogP contribution in [0.25, 0.3) is 0 Å². The number of anilines is 1. The molecule has 0 bridgehead atoms. The van der Waals surface area contributed by atoms with Crippen molar-refractivity contribution in [2.45, 2.75) is 31.7 Å². The normalized spacial score (nSPS) is 21.7. The zero-order chi connectivity index (χ0) is 15.4. The second kappa shape index (κ2) is 6.64. The molecule has 3 heterocycles. The van der Waals surface area contributed by atoms with Crippen molar-refractivity contribution in [2.24, 2.45) is 0 Å². The molecule has 0 aromatic carbocycles. The fourth-order valence-electron chi connectivity index (χ4n) is 2.87. The molecule has 1 amide bonds. The third kappa shape index (κ3) is 3.29. The Balaban J connectivity index is 1.63. The molecule has 22 heavy (non-hydrogen) atoms. The van der Waals surface area contributed by atoms with Crippen LogP contribution in [-0.4, -0.2) is 41.6 Å². The van der Waals surface area contributed by atoms with Gasteiger partial charge in [0.1, 0.15) is 0 Å². The summed E-state index contributed by atoms with van der Waals surface area (Å²) in [5.41, 5.74) is 0.497. The van der Waals surface area contributed by atoms with Crippen LogP contribution in [0, 0.1) is 0 Å². The van der Waals surface area contributed by atoms with Gasteiger partial charge in [-0.25, -0.2) is 4.98 Å². The molecule has 0 radical (unpaired) electrons. The molecule has 7 heteroatoms. The lowest BCUT2D eigenvalue weighted by molar-refractivity contribution is -0.118. The summed E-state index contributed by atoms with van der Waals surface area (Å²) in [6.45, 7) is 2.05. The van der Waals surface area contributed by atoms with Crippen molar-refractivity contribution in [1.82, 2.24) is 15.3 Å². The van der Waals surface area contributed by atoms with Gasteiger partial charge in [-0.15, -0.1) is 0 Å². The van der Waals surface area contributed by atoms with E-state index in [1.54, 1.807) is 12.5 Å². The Morgan fingerprint density at radius 2 is 2.36 bits per heavy atom. The summed E-state index contributed by atoms with van der Waals surface area (Å²) in [4.78, 5) is 32.7. The van der Waals surface area contributed by atoms with Crippen molar-refractivity contribution in [3.8, 4) is 0 Å². The van der Waals surface area contributed by atoms with Gasteiger partial charge in [-0.2, -0.15) is 0 Å². The van der Waals surface area contributed by atoms with Crippen molar-refractivity contribution in [1.29, 1.82) is 0 Å². The van der Waals surface area contributed by atoms with Gasteiger partial charge in [0.25, 0.3) is 11.5 Å². The van der Waals surface area contributed by atoms with Crippen molar-refractivity contribution in [3.63, 3.8) is 0 Å². The number of hydrogen-bond donors (Lipinski definition) is 2. The summed E-state index contributed by atoms with van der Waals surface area (Å²) in [6, 6.07) is 0.0190. The summed E-state index contributed by atoms with van der Waals surface area (Å²) < 4.78 is 5.21. The highest BCUT2D eigenvalue weighted by molar-refractivity contribution is 5.93. The van der Waals surface area contributed by atoms with Crippen molar-refractivity contribution < 1.29 is 9.53 Å². The van der Waals surface area contributed by atoms with E-state index in [1.165, 1.54) is 6.20 Å². The topological polar surface area (TPSA) is 87.3 Å². The van der Waals surface area contributed by atoms with E-state index in [1.807, 2.05) is 4.90 Å². The minimum absolute atomic E-state index is 0.0190. The minimum atomic E-state index is -0.196. The molecule has 0 saturated carbocycles. The van der Waals surface area contributed by atoms with Crippen LogP contribution in [0.3, 0.4) is 0 Å². The van der Waals surface area contributed by atoms with Crippen molar-refractivity contribution in [2.75, 3.05) is 24.6 Å². The SMILES string of the molecule is O=C(N[C@H]1CCCN(c2ncc[nH]c2=O)C1)C1=COCCC1. The lowest BCUT2D eigenvalue weighted by Gasteiger charge is -2.33. The number of nitrogens with one attached hydrogen (secondary N) is 2. The first-order valence-corrected chi connectivity index (χ1v) is 7.64. The van der Waals surface area contributed by atoms with Gasteiger partial charge in [0.05, 0.1) is 18.4 Å². The standard InChI is InChI=1S/C15H20N4O3/c20-14(11-3-2-8-22-10-11)18-12-4-1-7-19(9-12)13-15(21)17-6-5-16-13/h5-6,10,12H,1-4,7-9H2,(H,17,21)(H,18,20)/t12-/m0/s1. The largest absolute Gasteiger partial charge is 0.501 e. The summed E-state index contributed by atoms with van der Waals surface area (Å²) in [5.74, 6) is 0.350. The lowest BCUT2D eigenvalue weighted by atomic mass is 10.0. The van der Waals surface area contributed by atoms with E-state index < -0.39 is 0 Å². The average molecular weight is 304 g/mol. The van der Waals surface area contributed by atoms with Gasteiger partial charge in [-0.1, -0.05) is 0 Å². The fourth-order valence-corrected chi connectivity index (χ4v) is 2.87. The van der Waals surface area contributed by atoms with Gasteiger partial charge in [0, 0.05) is 31.5 Å². The smallest absolute Gasteiger partial charge is 0.290 e. The Hall–Kier alpha value is -2.31. The van der Waals surface area contributed by atoms with Crippen molar-refractivity contribution in [3.05, 3.63) is 34.6 Å². The summed E-state index contributed by atoms with van der Waals surface area (Å²) in [7, 11) is 0. The zero-order valence-electron chi connectivity index (χ0n) is 12.4. The number of ether oxygens (including phenoxy) is 1. The first kappa shape index (κ1) is 14.6. The third-order valence-corrected chi connectivity index (χ3v) is 3.97. The van der Waals surface area contributed by atoms with Crippen LogP contribution in [0.5, 0.6) is 0 Å². The van der Waals surface area contributed by atoms with Gasteiger partial charge in [0.2, 0.25) is 0 Å². The average Bonchev–Trinajstić information content (AvgIpc) is 2.56. The van der Waals surface area contributed by atoms with E-state index in [9.17, 15) is 9.59 Å². The maximum absolute atomic E-state index is 12.2. The number of piperidine rings is 1. The number of carbonyl (C=O) groups excluding carboxylic acids is 1. The van der Waals surface area contributed by atoms with Gasteiger partial charge in [-0.05, 0) is 25.7 Å². The lowest BCUT2D eigenvalue weighted by Crippen LogP contribution is -2.49. The number of aromatic amines is 1. The molecule has 2 aliphatic rings. The number of H-pyrrole nitrogens is 1. The highest BCUT2D eigenvalue weighted by atomic mass is 16.5. The number of nitrogens with zero attached hydrogens (tertiary/aromatic N) is 2. The second-order valence-corrected chi connectivity index (χ2v) is 5.62. The molecule has 0 unspecified atom stereocenters. The van der Waals surface area contributed by atoms with Crippen LogP contribution in [0.2, 0.25) is 0 Å². The zero-order valence-corrected chi connectivity index (χ0v) is 12.4. The molecule has 1 aromatic rings.